The lowest BCUT2D eigenvalue weighted by Crippen LogP contribution is -2.44. The van der Waals surface area contributed by atoms with Crippen LogP contribution in [0.2, 0.25) is 0 Å². The molecule has 1 fully saturated rings. The number of hydrogen-bond donors (Lipinski definition) is 2. The molecule has 0 bridgehead atoms. The maximum Gasteiger partial charge on any atom is 0.337 e. The van der Waals surface area contributed by atoms with Crippen LogP contribution in [0.3, 0.4) is 0 Å². The van der Waals surface area contributed by atoms with Crippen LogP contribution in [0.15, 0.2) is 46.1 Å². The second-order valence-electron chi connectivity index (χ2n) is 7.24. The van der Waals surface area contributed by atoms with Gasteiger partial charge >= 0.3 is 11.7 Å². The number of hydrogen-bond acceptors (Lipinski definition) is 5. The van der Waals surface area contributed by atoms with Crippen molar-refractivity contribution in [3.8, 4) is 5.69 Å². The number of fused-ring (bicyclic) bond motifs is 1. The molecule has 0 amide bonds. The third-order valence-corrected chi connectivity index (χ3v) is 5.35. The maximum atomic E-state index is 13.9. The van der Waals surface area contributed by atoms with Crippen molar-refractivity contribution in [2.24, 2.45) is 5.73 Å². The number of aromatic carboxylic acids is 1. The van der Waals surface area contributed by atoms with Crippen LogP contribution in [-0.4, -0.2) is 31.2 Å². The number of aromatic nitrogens is 3. The van der Waals surface area contributed by atoms with Crippen LogP contribution in [0.1, 0.15) is 42.1 Å². The van der Waals surface area contributed by atoms with Crippen LogP contribution in [0, 0.1) is 5.82 Å². The molecule has 0 spiro atoms. The predicted molar refractivity (Wildman–Crippen MR) is 104 cm³/mol. The number of carboxylic acid groups (broad SMARTS) is 1. The van der Waals surface area contributed by atoms with Gasteiger partial charge in [0.2, 0.25) is 0 Å². The number of benzene rings is 1. The van der Waals surface area contributed by atoms with Crippen LogP contribution in [0.4, 0.5) is 4.39 Å². The molecule has 1 saturated carbocycles. The first-order valence-electron chi connectivity index (χ1n) is 9.29. The zero-order valence-corrected chi connectivity index (χ0v) is 15.4. The number of nitrogens with two attached hydrogens (primary N) is 1. The highest BCUT2D eigenvalue weighted by atomic mass is 19.1. The topological polar surface area (TPSA) is 120 Å². The van der Waals surface area contributed by atoms with Gasteiger partial charge in [-0.1, -0.05) is 6.07 Å². The van der Waals surface area contributed by atoms with E-state index in [2.05, 4.69) is 4.98 Å². The van der Waals surface area contributed by atoms with Crippen LogP contribution in [0.5, 0.6) is 0 Å². The average Bonchev–Trinajstić information content (AvgIpc) is 2.70. The summed E-state index contributed by atoms with van der Waals surface area (Å²) in [5, 5.41) is 9.24. The van der Waals surface area contributed by atoms with Crippen molar-refractivity contribution in [1.82, 2.24) is 14.1 Å². The Bertz CT molecular complexity index is 1230. The molecule has 1 aliphatic rings. The van der Waals surface area contributed by atoms with Gasteiger partial charge in [-0.05, 0) is 49.9 Å². The van der Waals surface area contributed by atoms with Gasteiger partial charge in [-0.3, -0.25) is 9.36 Å². The Morgan fingerprint density at radius 1 is 1.17 bits per heavy atom. The standard InChI is InChI=1S/C20H19FN4O4/c21-12-9-16-17(23-10-12)24(15-3-1-2-11(8-15)19(27)28)20(29)25(18(16)26)14-6-4-13(22)5-7-14/h1-3,8-10,13-14H,4-7,22H2,(H,27,28)/t13-,14+. The van der Waals surface area contributed by atoms with Crippen molar-refractivity contribution >= 4 is 17.0 Å². The first kappa shape index (κ1) is 19.0. The molecule has 150 valence electrons. The molecule has 8 nitrogen and oxygen atoms in total. The van der Waals surface area contributed by atoms with Gasteiger partial charge in [0, 0.05) is 12.1 Å². The molecule has 0 atom stereocenters. The number of halogens is 1. The molecule has 4 rings (SSSR count). The highest BCUT2D eigenvalue weighted by molar-refractivity contribution is 5.88. The van der Waals surface area contributed by atoms with Crippen molar-refractivity contribution in [2.45, 2.75) is 37.8 Å². The minimum Gasteiger partial charge on any atom is -0.478 e. The largest absolute Gasteiger partial charge is 0.478 e. The smallest absolute Gasteiger partial charge is 0.337 e. The van der Waals surface area contributed by atoms with Gasteiger partial charge in [-0.15, -0.1) is 0 Å². The first-order valence-corrected chi connectivity index (χ1v) is 9.29. The summed E-state index contributed by atoms with van der Waals surface area (Å²) in [4.78, 5) is 41.7. The zero-order valence-electron chi connectivity index (χ0n) is 15.4. The van der Waals surface area contributed by atoms with E-state index < -0.39 is 23.0 Å². The van der Waals surface area contributed by atoms with Crippen LogP contribution in [0.25, 0.3) is 16.7 Å². The van der Waals surface area contributed by atoms with Crippen LogP contribution in [-0.2, 0) is 0 Å². The van der Waals surface area contributed by atoms with Crippen molar-refractivity contribution in [1.29, 1.82) is 0 Å². The number of pyridine rings is 1. The van der Waals surface area contributed by atoms with Gasteiger partial charge in [-0.25, -0.2) is 23.5 Å². The van der Waals surface area contributed by atoms with Gasteiger partial charge in [0.05, 0.1) is 22.8 Å². The summed E-state index contributed by atoms with van der Waals surface area (Å²) in [6.45, 7) is 0. The van der Waals surface area contributed by atoms with E-state index in [-0.39, 0.29) is 34.4 Å². The van der Waals surface area contributed by atoms with Crippen LogP contribution < -0.4 is 17.0 Å². The lowest BCUT2D eigenvalue weighted by atomic mass is 9.91. The Morgan fingerprint density at radius 2 is 1.90 bits per heavy atom. The molecule has 0 aliphatic heterocycles. The highest BCUT2D eigenvalue weighted by Gasteiger charge is 2.26. The highest BCUT2D eigenvalue weighted by Crippen LogP contribution is 2.26. The summed E-state index contributed by atoms with van der Waals surface area (Å²) in [5.41, 5.74) is 4.89. The minimum atomic E-state index is -1.15. The summed E-state index contributed by atoms with van der Waals surface area (Å²) < 4.78 is 16.1. The third kappa shape index (κ3) is 3.33. The Hall–Kier alpha value is -3.33. The van der Waals surface area contributed by atoms with E-state index in [9.17, 15) is 23.9 Å². The van der Waals surface area contributed by atoms with Crippen molar-refractivity contribution in [2.75, 3.05) is 0 Å². The molecular formula is C20H19FN4O4. The Morgan fingerprint density at radius 3 is 2.59 bits per heavy atom. The summed E-state index contributed by atoms with van der Waals surface area (Å²) in [6, 6.07) is 6.46. The molecule has 3 N–H and O–H groups in total. The Labute approximate surface area is 164 Å². The van der Waals surface area contributed by atoms with Gasteiger partial charge in [0.15, 0.2) is 5.65 Å². The summed E-state index contributed by atoms with van der Waals surface area (Å²) in [5.74, 6) is -1.85. The summed E-state index contributed by atoms with van der Waals surface area (Å²) in [6.07, 6.45) is 3.37. The fraction of sp³-hybridized carbons (Fsp3) is 0.300. The molecule has 0 radical (unpaired) electrons. The molecule has 3 aromatic rings. The second kappa shape index (κ2) is 7.25. The van der Waals surface area contributed by atoms with Crippen molar-refractivity contribution in [3.05, 3.63) is 68.7 Å². The van der Waals surface area contributed by atoms with E-state index >= 15 is 0 Å². The molecule has 1 aromatic carbocycles. The minimum absolute atomic E-state index is 0.0206. The van der Waals surface area contributed by atoms with E-state index in [0.29, 0.717) is 25.7 Å². The lowest BCUT2D eigenvalue weighted by molar-refractivity contribution is 0.0697. The molecule has 1 aliphatic carbocycles. The quantitative estimate of drug-likeness (QED) is 0.694. The molecule has 29 heavy (non-hydrogen) atoms. The van der Waals surface area contributed by atoms with Gasteiger partial charge < -0.3 is 10.8 Å². The van der Waals surface area contributed by atoms with Crippen molar-refractivity contribution in [3.63, 3.8) is 0 Å². The lowest BCUT2D eigenvalue weighted by Gasteiger charge is -2.27. The molecule has 0 saturated heterocycles. The van der Waals surface area contributed by atoms with E-state index in [1.165, 1.54) is 18.2 Å². The monoisotopic (exact) mass is 398 g/mol. The number of rotatable bonds is 3. The molecular weight excluding hydrogens is 379 g/mol. The van der Waals surface area contributed by atoms with Crippen LogP contribution >= 0.6 is 0 Å². The zero-order chi connectivity index (χ0) is 20.7. The SMILES string of the molecule is N[C@H]1CC[C@@H](n2c(=O)c3cc(F)cnc3n(-c3cccc(C(=O)O)c3)c2=O)CC1. The van der Waals surface area contributed by atoms with E-state index in [1.54, 1.807) is 6.07 Å². The summed E-state index contributed by atoms with van der Waals surface area (Å²) in [7, 11) is 0. The second-order valence-corrected chi connectivity index (χ2v) is 7.24. The van der Waals surface area contributed by atoms with Crippen molar-refractivity contribution < 1.29 is 14.3 Å². The first-order chi connectivity index (χ1) is 13.9. The number of carboxylic acids is 1. The normalized spacial score (nSPS) is 19.4. The maximum absolute atomic E-state index is 13.9. The Kier molecular flexibility index (Phi) is 4.75. The molecule has 2 aromatic heterocycles. The van der Waals surface area contributed by atoms with Gasteiger partial charge in [-0.2, -0.15) is 0 Å². The third-order valence-electron chi connectivity index (χ3n) is 5.35. The summed E-state index contributed by atoms with van der Waals surface area (Å²) >= 11 is 0. The number of carbonyl (C=O) groups is 1. The fourth-order valence-electron chi connectivity index (χ4n) is 3.88. The fourth-order valence-corrected chi connectivity index (χ4v) is 3.88. The number of nitrogens with zero attached hydrogens (tertiary/aromatic N) is 3. The molecule has 2 heterocycles. The van der Waals surface area contributed by atoms with E-state index in [4.69, 9.17) is 5.73 Å². The molecule has 0 unspecified atom stereocenters. The van der Waals surface area contributed by atoms with E-state index in [0.717, 1.165) is 21.4 Å². The van der Waals surface area contributed by atoms with Gasteiger partial charge in [0.25, 0.3) is 5.56 Å². The average molecular weight is 398 g/mol. The Balaban J connectivity index is 2.03. The van der Waals surface area contributed by atoms with Gasteiger partial charge in [0.1, 0.15) is 5.82 Å². The molecule has 9 heteroatoms. The van der Waals surface area contributed by atoms with E-state index in [1.807, 2.05) is 0 Å². The predicted octanol–water partition coefficient (Wildman–Crippen LogP) is 1.83.